The van der Waals surface area contributed by atoms with E-state index in [1.165, 1.54) is 13.2 Å². The molecular formula is C16H22FNO6S. The number of methoxy groups -OCH3 is 1. The van der Waals surface area contributed by atoms with Crippen molar-refractivity contribution >= 4 is 21.7 Å². The van der Waals surface area contributed by atoms with Crippen LogP contribution in [0.25, 0.3) is 0 Å². The van der Waals surface area contributed by atoms with Gasteiger partial charge < -0.3 is 14.6 Å². The van der Waals surface area contributed by atoms with E-state index in [1.54, 1.807) is 6.92 Å². The van der Waals surface area contributed by atoms with Gasteiger partial charge in [-0.25, -0.2) is 17.6 Å². The number of carboxylic acids is 1. The number of nitrogens with one attached hydrogen (secondary N) is 1. The van der Waals surface area contributed by atoms with Crippen LogP contribution >= 0.6 is 0 Å². The Hall–Kier alpha value is -1.71. The van der Waals surface area contributed by atoms with Crippen molar-refractivity contribution < 1.29 is 32.2 Å². The first-order valence-electron chi connectivity index (χ1n) is 7.88. The Morgan fingerprint density at radius 2 is 2.08 bits per heavy atom. The van der Waals surface area contributed by atoms with Gasteiger partial charge in [-0.15, -0.1) is 0 Å². The number of hydrogen-bond donors (Lipinski definition) is 2. The lowest BCUT2D eigenvalue weighted by atomic mass is 9.95. The van der Waals surface area contributed by atoms with Crippen molar-refractivity contribution in [3.63, 3.8) is 0 Å². The molecule has 2 rings (SSSR count). The summed E-state index contributed by atoms with van der Waals surface area (Å²) in [4.78, 5) is 11.3. The van der Waals surface area contributed by atoms with Gasteiger partial charge in [0, 0.05) is 20.3 Å². The zero-order chi connectivity index (χ0) is 18.6. The maximum absolute atomic E-state index is 13.9. The minimum atomic E-state index is -3.93. The first kappa shape index (κ1) is 19.6. The van der Waals surface area contributed by atoms with Crippen molar-refractivity contribution in [2.45, 2.75) is 25.9 Å². The van der Waals surface area contributed by atoms with Crippen molar-refractivity contribution in [3.8, 4) is 0 Å². The van der Waals surface area contributed by atoms with Crippen LogP contribution in [0.3, 0.4) is 0 Å². The number of carboxylic acid groups (broad SMARTS) is 1. The highest BCUT2D eigenvalue weighted by molar-refractivity contribution is 7.92. The van der Waals surface area contributed by atoms with Crippen molar-refractivity contribution in [2.24, 2.45) is 5.92 Å². The first-order valence-corrected chi connectivity index (χ1v) is 9.53. The summed E-state index contributed by atoms with van der Waals surface area (Å²) < 4.78 is 51.6. The largest absolute Gasteiger partial charge is 0.478 e. The second-order valence-corrected chi connectivity index (χ2v) is 7.85. The smallest absolute Gasteiger partial charge is 0.340 e. The van der Waals surface area contributed by atoms with Crippen molar-refractivity contribution in [1.82, 2.24) is 0 Å². The minimum Gasteiger partial charge on any atom is -0.478 e. The first-order chi connectivity index (χ1) is 11.7. The number of ether oxygens (including phenoxy) is 2. The van der Waals surface area contributed by atoms with Crippen LogP contribution in [0.2, 0.25) is 0 Å². The number of carbonyl (C=O) groups is 1. The molecule has 1 aliphatic heterocycles. The summed E-state index contributed by atoms with van der Waals surface area (Å²) in [6.45, 7) is 2.64. The molecule has 25 heavy (non-hydrogen) atoms. The molecule has 2 N–H and O–H groups in total. The van der Waals surface area contributed by atoms with Gasteiger partial charge in [-0.3, -0.25) is 4.72 Å². The molecule has 0 aliphatic carbocycles. The highest BCUT2D eigenvalue weighted by atomic mass is 32.2. The standard InChI is InChI=1S/C16H22FNO6S/c1-10-7-12(17)15(16(19)20)13(8-10)18-25(21,22)9-14(23-2)11-3-5-24-6-4-11/h7-8,11,14,18H,3-6,9H2,1-2H3,(H,19,20). The summed E-state index contributed by atoms with van der Waals surface area (Å²) in [7, 11) is -2.50. The number of hydrogen-bond acceptors (Lipinski definition) is 5. The lowest BCUT2D eigenvalue weighted by Crippen LogP contribution is -2.36. The van der Waals surface area contributed by atoms with E-state index in [4.69, 9.17) is 14.6 Å². The van der Waals surface area contributed by atoms with Crippen molar-refractivity contribution in [3.05, 3.63) is 29.1 Å². The molecule has 0 radical (unpaired) electrons. The third-order valence-electron chi connectivity index (χ3n) is 4.19. The normalized spacial score (nSPS) is 17.2. The topological polar surface area (TPSA) is 102 Å². The summed E-state index contributed by atoms with van der Waals surface area (Å²) in [6.07, 6.45) is 0.824. The van der Waals surface area contributed by atoms with Gasteiger partial charge in [0.05, 0.1) is 17.5 Å². The van der Waals surface area contributed by atoms with Crippen LogP contribution in [-0.4, -0.2) is 51.7 Å². The molecule has 0 bridgehead atoms. The number of aromatic carboxylic acids is 1. The summed E-state index contributed by atoms with van der Waals surface area (Å²) in [5.74, 6) is -2.84. The molecule has 1 fully saturated rings. The number of rotatable bonds is 7. The fraction of sp³-hybridized carbons (Fsp3) is 0.562. The van der Waals surface area contributed by atoms with Gasteiger partial charge in [0.1, 0.15) is 11.4 Å². The van der Waals surface area contributed by atoms with E-state index < -0.39 is 33.5 Å². The van der Waals surface area contributed by atoms with Crippen LogP contribution in [0.5, 0.6) is 0 Å². The molecule has 1 aliphatic rings. The van der Waals surface area contributed by atoms with Crippen LogP contribution in [0, 0.1) is 18.7 Å². The van der Waals surface area contributed by atoms with E-state index in [2.05, 4.69) is 4.72 Å². The molecule has 1 aromatic carbocycles. The molecule has 0 amide bonds. The molecule has 0 spiro atoms. The monoisotopic (exact) mass is 375 g/mol. The zero-order valence-corrected chi connectivity index (χ0v) is 14.9. The average molecular weight is 375 g/mol. The molecule has 1 saturated heterocycles. The van der Waals surface area contributed by atoms with Crippen molar-refractivity contribution in [2.75, 3.05) is 30.8 Å². The molecule has 1 heterocycles. The van der Waals surface area contributed by atoms with Gasteiger partial charge in [0.2, 0.25) is 10.0 Å². The Balaban J connectivity index is 2.22. The van der Waals surface area contributed by atoms with E-state index >= 15 is 0 Å². The average Bonchev–Trinajstić information content (AvgIpc) is 2.52. The fourth-order valence-electron chi connectivity index (χ4n) is 2.95. The number of sulfonamides is 1. The van der Waals surface area contributed by atoms with E-state index in [9.17, 15) is 17.6 Å². The molecule has 1 aromatic rings. The zero-order valence-electron chi connectivity index (χ0n) is 14.1. The predicted octanol–water partition coefficient (Wildman–Crippen LogP) is 2.02. The maximum atomic E-state index is 13.9. The molecule has 0 aromatic heterocycles. The Morgan fingerprint density at radius 3 is 2.64 bits per heavy atom. The Kier molecular flexibility index (Phi) is 6.36. The highest BCUT2D eigenvalue weighted by Gasteiger charge is 2.30. The molecule has 7 nitrogen and oxygen atoms in total. The number of anilines is 1. The lowest BCUT2D eigenvalue weighted by Gasteiger charge is -2.29. The Labute approximate surface area is 146 Å². The highest BCUT2D eigenvalue weighted by Crippen LogP contribution is 2.25. The predicted molar refractivity (Wildman–Crippen MR) is 89.8 cm³/mol. The Bertz CT molecular complexity index is 730. The van der Waals surface area contributed by atoms with Gasteiger partial charge in [0.25, 0.3) is 0 Å². The van der Waals surface area contributed by atoms with Gasteiger partial charge in [0.15, 0.2) is 0 Å². The van der Waals surface area contributed by atoms with Crippen molar-refractivity contribution in [1.29, 1.82) is 0 Å². The van der Waals surface area contributed by atoms with Gasteiger partial charge in [-0.1, -0.05) is 0 Å². The van der Waals surface area contributed by atoms with Gasteiger partial charge in [-0.2, -0.15) is 0 Å². The molecule has 1 unspecified atom stereocenters. The summed E-state index contributed by atoms with van der Waals surface area (Å²) >= 11 is 0. The second kappa shape index (κ2) is 8.11. The number of benzene rings is 1. The van der Waals surface area contributed by atoms with Crippen LogP contribution < -0.4 is 4.72 Å². The number of aryl methyl sites for hydroxylation is 1. The third-order valence-corrected chi connectivity index (χ3v) is 5.49. The van der Waals surface area contributed by atoms with Crippen LogP contribution in [-0.2, 0) is 19.5 Å². The quantitative estimate of drug-likeness (QED) is 0.756. The SMILES string of the molecule is COC(CS(=O)(=O)Nc1cc(C)cc(F)c1C(=O)O)C1CCOCC1. The minimum absolute atomic E-state index is 0.0310. The maximum Gasteiger partial charge on any atom is 0.340 e. The molecular weight excluding hydrogens is 353 g/mol. The van der Waals surface area contributed by atoms with Crippen LogP contribution in [0.1, 0.15) is 28.8 Å². The van der Waals surface area contributed by atoms with Gasteiger partial charge in [-0.05, 0) is 43.4 Å². The number of halogens is 1. The fourth-order valence-corrected chi connectivity index (χ4v) is 4.37. The van der Waals surface area contributed by atoms with E-state index in [-0.39, 0.29) is 17.4 Å². The summed E-state index contributed by atoms with van der Waals surface area (Å²) in [6, 6.07) is 2.33. The molecule has 140 valence electrons. The summed E-state index contributed by atoms with van der Waals surface area (Å²) in [5, 5.41) is 9.15. The lowest BCUT2D eigenvalue weighted by molar-refractivity contribution is -0.00318. The van der Waals surface area contributed by atoms with Crippen LogP contribution in [0.4, 0.5) is 10.1 Å². The Morgan fingerprint density at radius 1 is 1.44 bits per heavy atom. The second-order valence-electron chi connectivity index (χ2n) is 6.08. The van der Waals surface area contributed by atoms with Crippen LogP contribution in [0.15, 0.2) is 12.1 Å². The van der Waals surface area contributed by atoms with E-state index in [0.717, 1.165) is 6.07 Å². The molecule has 9 heteroatoms. The molecule has 1 atom stereocenters. The summed E-state index contributed by atoms with van der Waals surface area (Å²) in [5.41, 5.74) is -0.575. The molecule has 0 saturated carbocycles. The van der Waals surface area contributed by atoms with Gasteiger partial charge >= 0.3 is 5.97 Å². The third kappa shape index (κ3) is 5.13. The van der Waals surface area contributed by atoms with E-state index in [1.807, 2.05) is 0 Å². The van der Waals surface area contributed by atoms with E-state index in [0.29, 0.717) is 31.6 Å².